The molecule has 0 atom stereocenters. The van der Waals surface area contributed by atoms with Crippen LogP contribution in [-0.2, 0) is 0 Å². The molecule has 0 aliphatic heterocycles. The zero-order valence-corrected chi connectivity index (χ0v) is 8.83. The van der Waals surface area contributed by atoms with Gasteiger partial charge in [-0.25, -0.2) is 4.39 Å². The highest BCUT2D eigenvalue weighted by atomic mass is 32.1. The van der Waals surface area contributed by atoms with Crippen molar-refractivity contribution in [2.24, 2.45) is 5.73 Å². The summed E-state index contributed by atoms with van der Waals surface area (Å²) in [5, 5.41) is 2.97. The summed E-state index contributed by atoms with van der Waals surface area (Å²) in [6, 6.07) is 5.58. The highest BCUT2D eigenvalue weighted by molar-refractivity contribution is 7.80. The molecule has 0 radical (unpaired) electrons. The highest BCUT2D eigenvalue weighted by Gasteiger charge is 2.00. The van der Waals surface area contributed by atoms with E-state index in [1.54, 1.807) is 0 Å². The van der Waals surface area contributed by atoms with Gasteiger partial charge in [-0.1, -0.05) is 12.2 Å². The third-order valence-electron chi connectivity index (χ3n) is 1.92. The number of benzene rings is 1. The lowest BCUT2D eigenvalue weighted by atomic mass is 10.1. The summed E-state index contributed by atoms with van der Waals surface area (Å²) in [5.74, 6) is 0. The number of rotatable bonds is 4. The molecule has 0 aliphatic carbocycles. The number of hydrogen-bond acceptors (Lipinski definition) is 2. The number of anilines is 1. The van der Waals surface area contributed by atoms with Gasteiger partial charge < -0.3 is 11.1 Å². The fourth-order valence-electron chi connectivity index (χ4n) is 1.20. The van der Waals surface area contributed by atoms with Gasteiger partial charge in [-0.05, 0) is 30.7 Å². The van der Waals surface area contributed by atoms with Crippen molar-refractivity contribution >= 4 is 22.9 Å². The van der Waals surface area contributed by atoms with Crippen molar-refractivity contribution in [1.29, 1.82) is 0 Å². The number of halogens is 1. The van der Waals surface area contributed by atoms with Gasteiger partial charge in [0.1, 0.15) is 11.7 Å². The number of thiocarbonyl (C=S) groups is 1. The summed E-state index contributed by atoms with van der Waals surface area (Å²) >= 11 is 4.85. The Morgan fingerprint density at radius 2 is 2.29 bits per heavy atom. The van der Waals surface area contributed by atoms with Gasteiger partial charge in [0, 0.05) is 17.8 Å². The normalized spacial score (nSPS) is 9.86. The van der Waals surface area contributed by atoms with Crippen LogP contribution in [0.25, 0.3) is 0 Å². The van der Waals surface area contributed by atoms with Crippen LogP contribution < -0.4 is 11.1 Å². The number of alkyl halides is 1. The highest BCUT2D eigenvalue weighted by Crippen LogP contribution is 2.16. The molecule has 0 saturated carbocycles. The second-order valence-corrected chi connectivity index (χ2v) is 3.45. The first-order valence-electron chi connectivity index (χ1n) is 4.35. The van der Waals surface area contributed by atoms with Gasteiger partial charge in [-0.2, -0.15) is 0 Å². The van der Waals surface area contributed by atoms with E-state index in [1.165, 1.54) is 0 Å². The quantitative estimate of drug-likeness (QED) is 0.750. The molecule has 0 spiro atoms. The standard InChI is InChI=1S/C10H13FN2S/c1-7-6-8(10(12)14)2-3-9(7)13-5-4-11/h2-3,6,13H,4-5H2,1H3,(H2,12,14). The van der Waals surface area contributed by atoms with Gasteiger partial charge >= 0.3 is 0 Å². The van der Waals surface area contributed by atoms with Gasteiger partial charge in [0.15, 0.2) is 0 Å². The summed E-state index contributed by atoms with van der Waals surface area (Å²) in [7, 11) is 0. The molecule has 0 bridgehead atoms. The predicted octanol–water partition coefficient (Wildman–Crippen LogP) is 2.01. The molecule has 3 N–H and O–H groups in total. The molecule has 0 heterocycles. The lowest BCUT2D eigenvalue weighted by molar-refractivity contribution is 0.512. The molecular weight excluding hydrogens is 199 g/mol. The van der Waals surface area contributed by atoms with E-state index in [9.17, 15) is 4.39 Å². The van der Waals surface area contributed by atoms with E-state index in [1.807, 2.05) is 25.1 Å². The van der Waals surface area contributed by atoms with E-state index >= 15 is 0 Å². The average molecular weight is 212 g/mol. The third-order valence-corrected chi connectivity index (χ3v) is 2.16. The number of nitrogens with one attached hydrogen (secondary N) is 1. The van der Waals surface area contributed by atoms with E-state index in [4.69, 9.17) is 18.0 Å². The van der Waals surface area contributed by atoms with Crippen LogP contribution in [0.5, 0.6) is 0 Å². The van der Waals surface area contributed by atoms with Gasteiger partial charge in [0.05, 0.1) is 0 Å². The Bertz CT molecular complexity index is 339. The maximum Gasteiger partial charge on any atom is 0.107 e. The molecule has 0 amide bonds. The van der Waals surface area contributed by atoms with Gasteiger partial charge in [-0.3, -0.25) is 0 Å². The van der Waals surface area contributed by atoms with Crippen LogP contribution in [0.2, 0.25) is 0 Å². The molecule has 1 aromatic carbocycles. The maximum absolute atomic E-state index is 11.9. The van der Waals surface area contributed by atoms with Gasteiger partial charge in [-0.15, -0.1) is 0 Å². The van der Waals surface area contributed by atoms with Crippen LogP contribution in [0.1, 0.15) is 11.1 Å². The largest absolute Gasteiger partial charge is 0.389 e. The van der Waals surface area contributed by atoms with Crippen molar-refractivity contribution in [3.8, 4) is 0 Å². The van der Waals surface area contributed by atoms with Crippen molar-refractivity contribution in [3.05, 3.63) is 29.3 Å². The average Bonchev–Trinajstić information content (AvgIpc) is 2.15. The molecule has 2 nitrogen and oxygen atoms in total. The molecular formula is C10H13FN2S. The topological polar surface area (TPSA) is 38.0 Å². The summed E-state index contributed by atoms with van der Waals surface area (Å²) in [6.45, 7) is 1.88. The molecule has 0 unspecified atom stereocenters. The molecule has 1 aromatic rings. The van der Waals surface area contributed by atoms with Crippen LogP contribution in [-0.4, -0.2) is 18.2 Å². The number of nitrogens with two attached hydrogens (primary N) is 1. The lowest BCUT2D eigenvalue weighted by Crippen LogP contribution is -2.10. The van der Waals surface area contributed by atoms with Crippen molar-refractivity contribution in [1.82, 2.24) is 0 Å². The van der Waals surface area contributed by atoms with Crippen LogP contribution >= 0.6 is 12.2 Å². The van der Waals surface area contributed by atoms with E-state index in [2.05, 4.69) is 5.32 Å². The van der Waals surface area contributed by atoms with Crippen molar-refractivity contribution in [2.75, 3.05) is 18.5 Å². The minimum Gasteiger partial charge on any atom is -0.389 e. The minimum atomic E-state index is -0.378. The number of hydrogen-bond donors (Lipinski definition) is 2. The van der Waals surface area contributed by atoms with E-state index in [0.717, 1.165) is 16.8 Å². The van der Waals surface area contributed by atoms with Crippen LogP contribution in [0, 0.1) is 6.92 Å². The van der Waals surface area contributed by atoms with Gasteiger partial charge in [0.2, 0.25) is 0 Å². The monoisotopic (exact) mass is 212 g/mol. The molecule has 0 aliphatic rings. The summed E-state index contributed by atoms with van der Waals surface area (Å²) in [5.41, 5.74) is 8.26. The lowest BCUT2D eigenvalue weighted by Gasteiger charge is -2.09. The Kier molecular flexibility index (Phi) is 3.83. The van der Waals surface area contributed by atoms with E-state index < -0.39 is 0 Å². The Hall–Kier alpha value is -1.16. The molecule has 14 heavy (non-hydrogen) atoms. The summed E-state index contributed by atoms with van der Waals surface area (Å²) in [4.78, 5) is 0.380. The first kappa shape index (κ1) is 10.9. The number of aryl methyl sites for hydroxylation is 1. The van der Waals surface area contributed by atoms with Gasteiger partial charge in [0.25, 0.3) is 0 Å². The minimum absolute atomic E-state index is 0.327. The van der Waals surface area contributed by atoms with E-state index in [0.29, 0.717) is 11.5 Å². The van der Waals surface area contributed by atoms with Crippen LogP contribution in [0.3, 0.4) is 0 Å². The Morgan fingerprint density at radius 3 is 2.79 bits per heavy atom. The Morgan fingerprint density at radius 1 is 1.57 bits per heavy atom. The zero-order chi connectivity index (χ0) is 10.6. The zero-order valence-electron chi connectivity index (χ0n) is 8.01. The molecule has 0 fully saturated rings. The Labute approximate surface area is 88.3 Å². The summed E-state index contributed by atoms with van der Waals surface area (Å²) < 4.78 is 11.9. The second-order valence-electron chi connectivity index (χ2n) is 3.01. The summed E-state index contributed by atoms with van der Waals surface area (Å²) in [6.07, 6.45) is 0. The molecule has 0 saturated heterocycles. The first-order chi connectivity index (χ1) is 6.65. The molecule has 4 heteroatoms. The van der Waals surface area contributed by atoms with E-state index in [-0.39, 0.29) is 6.67 Å². The SMILES string of the molecule is Cc1cc(C(N)=S)ccc1NCCF. The smallest absolute Gasteiger partial charge is 0.107 e. The first-order valence-corrected chi connectivity index (χ1v) is 4.76. The molecule has 76 valence electrons. The fraction of sp³-hybridized carbons (Fsp3) is 0.300. The van der Waals surface area contributed by atoms with Crippen molar-refractivity contribution in [3.63, 3.8) is 0 Å². The predicted molar refractivity (Wildman–Crippen MR) is 61.5 cm³/mol. The van der Waals surface area contributed by atoms with Crippen molar-refractivity contribution < 1.29 is 4.39 Å². The Balaban J connectivity index is 2.84. The maximum atomic E-state index is 11.9. The third kappa shape index (κ3) is 2.67. The van der Waals surface area contributed by atoms with Crippen LogP contribution in [0.15, 0.2) is 18.2 Å². The fourth-order valence-corrected chi connectivity index (χ4v) is 1.32. The molecule has 0 aromatic heterocycles. The second kappa shape index (κ2) is 4.91. The van der Waals surface area contributed by atoms with Crippen LogP contribution in [0.4, 0.5) is 10.1 Å². The van der Waals surface area contributed by atoms with Crippen molar-refractivity contribution in [2.45, 2.75) is 6.92 Å². The molecule has 1 rings (SSSR count).